The molecule has 3 atom stereocenters. The van der Waals surface area contributed by atoms with Crippen molar-refractivity contribution in [3.63, 3.8) is 0 Å². The van der Waals surface area contributed by atoms with Gasteiger partial charge in [0, 0.05) is 11.5 Å². The fourth-order valence-corrected chi connectivity index (χ4v) is 3.07. The van der Waals surface area contributed by atoms with Crippen LogP contribution in [0.15, 0.2) is 43.0 Å². The number of benzene rings is 1. The third kappa shape index (κ3) is 9.45. The molecule has 0 saturated heterocycles. The molecule has 0 saturated carbocycles. The number of hydrogen-bond acceptors (Lipinski definition) is 8. The molecule has 0 aliphatic heterocycles. The van der Waals surface area contributed by atoms with Crippen molar-refractivity contribution in [1.29, 1.82) is 0 Å². The van der Waals surface area contributed by atoms with E-state index in [9.17, 15) is 10.2 Å². The maximum absolute atomic E-state index is 10.3. The summed E-state index contributed by atoms with van der Waals surface area (Å²) in [6, 6.07) is 9.59. The Balaban J connectivity index is 3.03. The second-order valence-electron chi connectivity index (χ2n) is 5.42. The Labute approximate surface area is 172 Å². The van der Waals surface area contributed by atoms with Gasteiger partial charge in [-0.2, -0.15) is 0 Å². The Morgan fingerprint density at radius 1 is 1.11 bits per heavy atom. The van der Waals surface area contributed by atoms with Crippen LogP contribution in [0.25, 0.3) is 0 Å². The second kappa shape index (κ2) is 15.4. The van der Waals surface area contributed by atoms with Crippen LogP contribution in [0.5, 0.6) is 0 Å². The summed E-state index contributed by atoms with van der Waals surface area (Å²) in [4.78, 5) is 0. The molecular weight excluding hydrogens is 388 g/mol. The first-order chi connectivity index (χ1) is 13.7. The Bertz CT molecular complexity index is 514. The Morgan fingerprint density at radius 3 is 2.33 bits per heavy atom. The van der Waals surface area contributed by atoms with Crippen LogP contribution >= 0.6 is 24.1 Å². The van der Waals surface area contributed by atoms with E-state index in [0.717, 1.165) is 12.1 Å². The van der Waals surface area contributed by atoms with Gasteiger partial charge in [-0.15, -0.1) is 6.55 Å². The quantitative estimate of drug-likeness (QED) is 0.240. The summed E-state index contributed by atoms with van der Waals surface area (Å²) >= 11 is 2.44. The van der Waals surface area contributed by atoms with Crippen molar-refractivity contribution in [2.24, 2.45) is 0 Å². The van der Waals surface area contributed by atoms with Gasteiger partial charge in [-0.25, -0.2) is 0 Å². The lowest BCUT2D eigenvalue weighted by molar-refractivity contribution is -0.190. The summed E-state index contributed by atoms with van der Waals surface area (Å²) < 4.78 is 30.4. The lowest BCUT2D eigenvalue weighted by atomic mass is 10.1. The Hall–Kier alpha value is -0.580. The van der Waals surface area contributed by atoms with E-state index >= 15 is 0 Å². The highest BCUT2D eigenvalue weighted by Crippen LogP contribution is 2.25. The van der Waals surface area contributed by atoms with E-state index in [4.69, 9.17) is 19.2 Å². The molecule has 1 aromatic carbocycles. The minimum absolute atomic E-state index is 0.0883. The van der Waals surface area contributed by atoms with Gasteiger partial charge < -0.3 is 19.7 Å². The molecule has 0 bridgehead atoms. The monoisotopic (exact) mass is 419 g/mol. The van der Waals surface area contributed by atoms with E-state index in [1.165, 1.54) is 30.2 Å². The fraction of sp³-hybridized carbons (Fsp3) is 0.579. The van der Waals surface area contributed by atoms with E-state index in [1.807, 2.05) is 44.2 Å². The van der Waals surface area contributed by atoms with Gasteiger partial charge in [0.25, 0.3) is 0 Å². The molecule has 0 unspecified atom stereocenters. The van der Waals surface area contributed by atoms with Crippen LogP contribution in [0.2, 0.25) is 0 Å². The van der Waals surface area contributed by atoms with Gasteiger partial charge in [0.2, 0.25) is 6.29 Å². The average molecular weight is 420 g/mol. The first-order valence-electron chi connectivity index (χ1n) is 9.41. The van der Waals surface area contributed by atoms with Gasteiger partial charge in [-0.1, -0.05) is 50.3 Å². The van der Waals surface area contributed by atoms with Gasteiger partial charge in [-0.3, -0.25) is 8.37 Å². The van der Waals surface area contributed by atoms with Gasteiger partial charge in [0.15, 0.2) is 0 Å². The number of ether oxygens (including phenoxy) is 2. The second-order valence-corrected chi connectivity index (χ2v) is 7.43. The van der Waals surface area contributed by atoms with Crippen LogP contribution in [-0.4, -0.2) is 59.5 Å². The van der Waals surface area contributed by atoms with E-state index in [0.29, 0.717) is 11.5 Å². The fourth-order valence-electron chi connectivity index (χ4n) is 2.19. The average Bonchev–Trinajstić information content (AvgIpc) is 2.73. The summed E-state index contributed by atoms with van der Waals surface area (Å²) in [6.45, 7) is 4.84. The summed E-state index contributed by atoms with van der Waals surface area (Å²) in [5, 5.41) is 19.8. The first kappa shape index (κ1) is 22.7. The normalized spacial score (nSPS) is 15.8. The Morgan fingerprint density at radius 2 is 1.78 bits per heavy atom. The molecule has 0 aliphatic rings. The molecule has 0 spiro atoms. The first-order valence-corrected chi connectivity index (χ1v) is 10.7. The molecule has 0 radical (unpaired) electrons. The minimum atomic E-state index is -1.20. The highest BCUT2D eigenvalue weighted by molar-refractivity contribution is 7.95. The SMILES string of the molecule is [2H]C=CCO[C@@H]([C@H](O)CO)[C@@H](OCc1ccccc1)C(OSCC)OSCC. The Kier molecular flexibility index (Phi) is 12.9. The molecular formula is C19H30O6S2. The van der Waals surface area contributed by atoms with Gasteiger partial charge in [-0.05, 0) is 29.6 Å². The molecule has 27 heavy (non-hydrogen) atoms. The summed E-state index contributed by atoms with van der Waals surface area (Å²) in [5.74, 6) is 1.41. The van der Waals surface area contributed by atoms with Gasteiger partial charge in [0.05, 0.1) is 21.2 Å². The van der Waals surface area contributed by atoms with Crippen LogP contribution < -0.4 is 0 Å². The topological polar surface area (TPSA) is 77.4 Å². The van der Waals surface area contributed by atoms with Crippen LogP contribution in [-0.2, 0) is 24.4 Å². The van der Waals surface area contributed by atoms with Crippen molar-refractivity contribution in [3.8, 4) is 0 Å². The van der Waals surface area contributed by atoms with E-state index in [-0.39, 0.29) is 13.2 Å². The predicted octanol–water partition coefficient (Wildman–Crippen LogP) is 3.19. The number of aliphatic hydroxyl groups excluding tert-OH is 2. The molecule has 6 nitrogen and oxygen atoms in total. The zero-order valence-corrected chi connectivity index (χ0v) is 17.4. The highest BCUT2D eigenvalue weighted by atomic mass is 32.2. The smallest absolute Gasteiger partial charge is 0.212 e. The molecule has 0 aromatic heterocycles. The highest BCUT2D eigenvalue weighted by Gasteiger charge is 2.38. The van der Waals surface area contributed by atoms with Gasteiger partial charge >= 0.3 is 0 Å². The molecule has 2 N–H and O–H groups in total. The van der Waals surface area contributed by atoms with Crippen LogP contribution in [0.1, 0.15) is 20.8 Å². The van der Waals surface area contributed by atoms with Crippen molar-refractivity contribution >= 4 is 24.1 Å². The molecule has 1 rings (SSSR count). The van der Waals surface area contributed by atoms with Crippen molar-refractivity contribution in [2.45, 2.75) is 45.1 Å². The lowest BCUT2D eigenvalue weighted by Crippen LogP contribution is -2.49. The van der Waals surface area contributed by atoms with Crippen molar-refractivity contribution in [1.82, 2.24) is 0 Å². The maximum Gasteiger partial charge on any atom is 0.212 e. The van der Waals surface area contributed by atoms with E-state index in [2.05, 4.69) is 0 Å². The third-order valence-corrected chi connectivity index (χ3v) is 4.51. The summed E-state index contributed by atoms with van der Waals surface area (Å²) in [7, 11) is 0. The zero-order valence-electron chi connectivity index (χ0n) is 16.7. The van der Waals surface area contributed by atoms with E-state index < -0.39 is 31.2 Å². The summed E-state index contributed by atoms with van der Waals surface area (Å²) in [6.07, 6.45) is -2.26. The minimum Gasteiger partial charge on any atom is -0.394 e. The summed E-state index contributed by atoms with van der Waals surface area (Å²) in [5.41, 5.74) is 0.945. The molecule has 8 heteroatoms. The van der Waals surface area contributed by atoms with Crippen LogP contribution in [0.4, 0.5) is 0 Å². The van der Waals surface area contributed by atoms with E-state index in [1.54, 1.807) is 0 Å². The van der Waals surface area contributed by atoms with Crippen molar-refractivity contribution in [2.75, 3.05) is 24.7 Å². The predicted molar refractivity (Wildman–Crippen MR) is 110 cm³/mol. The lowest BCUT2D eigenvalue weighted by Gasteiger charge is -2.34. The molecule has 1 aromatic rings. The number of hydrogen-bond donors (Lipinski definition) is 2. The largest absolute Gasteiger partial charge is 0.394 e. The standard InChI is InChI=1S/C19H30O6S2/c1-4-12-22-17(16(21)13-20)18(19(24-26-5-2)25-27-6-3)23-14-15-10-8-7-9-11-15/h4,7-11,16-21H,1,5-6,12-14H2,2-3H3/t16-,17+,18-/m1/s1/i1D. The van der Waals surface area contributed by atoms with Crippen LogP contribution in [0.3, 0.4) is 0 Å². The zero-order chi connectivity index (χ0) is 20.6. The maximum atomic E-state index is 10.3. The molecule has 0 fully saturated rings. The molecule has 0 heterocycles. The molecule has 0 amide bonds. The van der Waals surface area contributed by atoms with Crippen molar-refractivity contribution in [3.05, 3.63) is 48.5 Å². The van der Waals surface area contributed by atoms with Crippen LogP contribution in [0, 0.1) is 0 Å². The molecule has 0 aliphatic carbocycles. The third-order valence-electron chi connectivity index (χ3n) is 3.39. The number of rotatable bonds is 16. The number of aliphatic hydroxyl groups is 2. The van der Waals surface area contributed by atoms with Crippen molar-refractivity contribution < 1.29 is 29.4 Å². The molecule has 154 valence electrons. The van der Waals surface area contributed by atoms with Gasteiger partial charge in [0.1, 0.15) is 18.3 Å².